The van der Waals surface area contributed by atoms with Crippen molar-refractivity contribution in [1.82, 2.24) is 0 Å². The smallest absolute Gasteiger partial charge is 0.242 e. The van der Waals surface area contributed by atoms with Crippen LogP contribution in [0.15, 0.2) is 0 Å². The van der Waals surface area contributed by atoms with E-state index in [0.29, 0.717) is 0 Å². The lowest BCUT2D eigenvalue weighted by molar-refractivity contribution is -0.145. The highest BCUT2D eigenvalue weighted by Gasteiger charge is 2.13. The van der Waals surface area contributed by atoms with Crippen LogP contribution in [0.4, 0.5) is 0 Å². The van der Waals surface area contributed by atoms with Crippen LogP contribution < -0.4 is 0 Å². The molecule has 15 heavy (non-hydrogen) atoms. The monoisotopic (exact) mass is 286 g/mol. The van der Waals surface area contributed by atoms with Crippen LogP contribution in [0.25, 0.3) is 0 Å². The molecule has 0 atom stereocenters. The van der Waals surface area contributed by atoms with Gasteiger partial charge in [0.15, 0.2) is 27.8 Å². The summed E-state index contributed by atoms with van der Waals surface area (Å²) in [5.74, 6) is 0.723. The molecule has 92 valence electrons. The summed E-state index contributed by atoms with van der Waals surface area (Å²) in [6.07, 6.45) is 1.04. The minimum Gasteiger partial charge on any atom is -0.380 e. The predicted molar refractivity (Wildman–Crippen MR) is 73.5 cm³/mol. The highest BCUT2D eigenvalue weighted by molar-refractivity contribution is 6.49. The quantitative estimate of drug-likeness (QED) is 0.278. The molecule has 0 radical (unpaired) electrons. The standard InChI is InChI=1S/C8H23ClO3Si3/c1-14(2)11-8(12-15(3)4)10-13-7-5-6-9/h8,14-15H,5-7,13H2,1-4H3. The Bertz CT molecular complexity index is 139. The third kappa shape index (κ3) is 11.1. The molecule has 3 nitrogen and oxygen atoms in total. The Kier molecular flexibility index (Phi) is 10.6. The molecule has 0 fully saturated rings. The van der Waals surface area contributed by atoms with Gasteiger partial charge in [-0.25, -0.2) is 0 Å². The van der Waals surface area contributed by atoms with Gasteiger partial charge in [0.1, 0.15) is 0 Å². The second-order valence-corrected chi connectivity index (χ2v) is 10.5. The lowest BCUT2D eigenvalue weighted by Crippen LogP contribution is -2.31. The third-order valence-corrected chi connectivity index (χ3v) is 4.65. The van der Waals surface area contributed by atoms with Gasteiger partial charge >= 0.3 is 0 Å². The molecule has 0 aliphatic rings. The molecule has 0 saturated carbocycles. The second-order valence-electron chi connectivity index (χ2n) is 3.93. The van der Waals surface area contributed by atoms with Crippen LogP contribution in [0.5, 0.6) is 0 Å². The van der Waals surface area contributed by atoms with Gasteiger partial charge in [0.05, 0.1) is 0 Å². The summed E-state index contributed by atoms with van der Waals surface area (Å²) >= 11 is 5.60. The number of rotatable bonds is 9. The summed E-state index contributed by atoms with van der Waals surface area (Å²) in [5.41, 5.74) is 0. The van der Waals surface area contributed by atoms with Gasteiger partial charge < -0.3 is 13.3 Å². The van der Waals surface area contributed by atoms with Gasteiger partial charge in [0.25, 0.3) is 0 Å². The van der Waals surface area contributed by atoms with Crippen molar-refractivity contribution in [3.63, 3.8) is 0 Å². The lowest BCUT2D eigenvalue weighted by Gasteiger charge is -2.23. The van der Waals surface area contributed by atoms with Gasteiger partial charge in [-0.05, 0) is 38.7 Å². The van der Waals surface area contributed by atoms with Crippen molar-refractivity contribution < 1.29 is 13.3 Å². The summed E-state index contributed by atoms with van der Waals surface area (Å²) in [4.78, 5) is 0. The Hall–Kier alpha value is 0.821. The fraction of sp³-hybridized carbons (Fsp3) is 1.00. The van der Waals surface area contributed by atoms with Crippen molar-refractivity contribution in [2.75, 3.05) is 5.88 Å². The molecule has 7 heteroatoms. The summed E-state index contributed by atoms with van der Waals surface area (Å²) in [7, 11) is -2.68. The average Bonchev–Trinajstić information content (AvgIpc) is 2.10. The molecule has 0 saturated heterocycles. The molecule has 0 bridgehead atoms. The van der Waals surface area contributed by atoms with E-state index in [4.69, 9.17) is 24.9 Å². The first-order chi connectivity index (χ1) is 7.06. The molecule has 0 aliphatic heterocycles. The summed E-state index contributed by atoms with van der Waals surface area (Å²) in [5, 5.41) is 0. The molecule has 0 aromatic rings. The molecule has 0 heterocycles. The molecular weight excluding hydrogens is 264 g/mol. The zero-order valence-electron chi connectivity index (χ0n) is 10.2. The SMILES string of the molecule is C[SiH](C)OC(O[SiH2]CCCCl)O[SiH](C)C. The van der Waals surface area contributed by atoms with Crippen molar-refractivity contribution in [2.24, 2.45) is 0 Å². The van der Waals surface area contributed by atoms with Crippen LogP contribution in [-0.4, -0.2) is 40.2 Å². The highest BCUT2D eigenvalue weighted by Crippen LogP contribution is 2.04. The van der Waals surface area contributed by atoms with Crippen LogP contribution in [0.2, 0.25) is 32.2 Å². The zero-order chi connectivity index (χ0) is 11.7. The average molecular weight is 287 g/mol. The van der Waals surface area contributed by atoms with Gasteiger partial charge in [-0.1, -0.05) is 0 Å². The first-order valence-corrected chi connectivity index (χ1v) is 13.2. The van der Waals surface area contributed by atoms with Crippen LogP contribution >= 0.6 is 11.6 Å². The minimum atomic E-state index is -1.08. The van der Waals surface area contributed by atoms with E-state index >= 15 is 0 Å². The van der Waals surface area contributed by atoms with Crippen molar-refractivity contribution >= 4 is 39.4 Å². The maximum atomic E-state index is 5.67. The normalized spacial score (nSPS) is 12.8. The van der Waals surface area contributed by atoms with E-state index < -0.39 is 27.8 Å². The van der Waals surface area contributed by atoms with E-state index in [1.165, 1.54) is 0 Å². The Morgan fingerprint density at radius 2 is 1.67 bits per heavy atom. The van der Waals surface area contributed by atoms with Crippen LogP contribution in [0.3, 0.4) is 0 Å². The number of halogens is 1. The molecule has 0 rings (SSSR count). The fourth-order valence-corrected chi connectivity index (χ4v) is 4.02. The molecule has 0 N–H and O–H groups in total. The van der Waals surface area contributed by atoms with Gasteiger partial charge in [0, 0.05) is 5.88 Å². The van der Waals surface area contributed by atoms with Crippen molar-refractivity contribution in [3.8, 4) is 0 Å². The molecule has 0 spiro atoms. The van der Waals surface area contributed by atoms with Crippen LogP contribution in [0.1, 0.15) is 6.42 Å². The summed E-state index contributed by atoms with van der Waals surface area (Å²) in [6.45, 7) is 8.14. The summed E-state index contributed by atoms with van der Waals surface area (Å²) in [6, 6.07) is 1.10. The first-order valence-electron chi connectivity index (χ1n) is 5.54. The Balaban J connectivity index is 3.69. The summed E-state index contributed by atoms with van der Waals surface area (Å²) < 4.78 is 17.0. The number of hydrogen-bond donors (Lipinski definition) is 0. The maximum Gasteiger partial charge on any atom is 0.242 e. The Morgan fingerprint density at radius 3 is 2.07 bits per heavy atom. The Morgan fingerprint density at radius 1 is 1.13 bits per heavy atom. The van der Waals surface area contributed by atoms with Crippen molar-refractivity contribution in [2.45, 2.75) is 45.1 Å². The van der Waals surface area contributed by atoms with Crippen molar-refractivity contribution in [3.05, 3.63) is 0 Å². The molecule has 0 aromatic carbocycles. The van der Waals surface area contributed by atoms with E-state index in [0.717, 1.165) is 18.3 Å². The van der Waals surface area contributed by atoms with E-state index in [2.05, 4.69) is 26.2 Å². The number of alkyl halides is 1. The van der Waals surface area contributed by atoms with Crippen molar-refractivity contribution in [1.29, 1.82) is 0 Å². The molecule has 0 aliphatic carbocycles. The van der Waals surface area contributed by atoms with Gasteiger partial charge in [-0.15, -0.1) is 11.6 Å². The number of hydrogen-bond acceptors (Lipinski definition) is 3. The van der Waals surface area contributed by atoms with Gasteiger partial charge in [-0.2, -0.15) is 0 Å². The topological polar surface area (TPSA) is 27.7 Å². The maximum absolute atomic E-state index is 5.67. The third-order valence-electron chi connectivity index (χ3n) is 1.55. The van der Waals surface area contributed by atoms with E-state index in [1.54, 1.807) is 0 Å². The van der Waals surface area contributed by atoms with E-state index in [1.807, 2.05) is 0 Å². The van der Waals surface area contributed by atoms with Crippen LogP contribution in [-0.2, 0) is 13.3 Å². The molecule has 0 unspecified atom stereocenters. The van der Waals surface area contributed by atoms with Crippen LogP contribution in [0, 0.1) is 0 Å². The fourth-order valence-electron chi connectivity index (χ4n) is 0.931. The van der Waals surface area contributed by atoms with E-state index in [-0.39, 0.29) is 6.48 Å². The molecular formula is C8H23ClO3Si3. The molecule has 0 amide bonds. The second kappa shape index (κ2) is 10.0. The largest absolute Gasteiger partial charge is 0.380 e. The minimum absolute atomic E-state index is 0.370. The highest BCUT2D eigenvalue weighted by atomic mass is 35.5. The van der Waals surface area contributed by atoms with Gasteiger partial charge in [0.2, 0.25) is 6.48 Å². The predicted octanol–water partition coefficient (Wildman–Crippen LogP) is 1.42. The molecule has 0 aromatic heterocycles. The van der Waals surface area contributed by atoms with Gasteiger partial charge in [-0.3, -0.25) is 0 Å². The first kappa shape index (κ1) is 15.8. The van der Waals surface area contributed by atoms with E-state index in [9.17, 15) is 0 Å². The Labute approximate surface area is 104 Å². The zero-order valence-corrected chi connectivity index (χ0v) is 14.6. The lowest BCUT2D eigenvalue weighted by atomic mass is 10.6.